The second-order valence-corrected chi connectivity index (χ2v) is 7.45. The van der Waals surface area contributed by atoms with Crippen molar-refractivity contribution in [3.63, 3.8) is 0 Å². The molecule has 0 aliphatic carbocycles. The molecule has 1 fully saturated rings. The van der Waals surface area contributed by atoms with Crippen molar-refractivity contribution in [2.45, 2.75) is 0 Å². The van der Waals surface area contributed by atoms with Gasteiger partial charge in [0, 0.05) is 9.81 Å². The third-order valence-electron chi connectivity index (χ3n) is 4.26. The predicted octanol–water partition coefficient (Wildman–Crippen LogP) is 3.33. The summed E-state index contributed by atoms with van der Waals surface area (Å²) in [6.07, 6.45) is 3.43. The maximum atomic E-state index is 12.8. The fourth-order valence-corrected chi connectivity index (χ4v) is 4.35. The summed E-state index contributed by atoms with van der Waals surface area (Å²) in [6, 6.07) is 19.4. The summed E-state index contributed by atoms with van der Waals surface area (Å²) in [7, 11) is 0. The van der Waals surface area contributed by atoms with Gasteiger partial charge in [0.05, 0.1) is 0 Å². The van der Waals surface area contributed by atoms with Gasteiger partial charge in [0.25, 0.3) is 0 Å². The molecule has 0 saturated carbocycles. The summed E-state index contributed by atoms with van der Waals surface area (Å²) in [6.45, 7) is 0. The first-order chi connectivity index (χ1) is 12.6. The largest absolute Gasteiger partial charge is 0.301 e. The maximum absolute atomic E-state index is 12.8. The zero-order chi connectivity index (χ0) is 18.1. The standard InChI is InChI=1S/C20H14N2O2S2/c23-17-20(18(24)22-19(25)21-17)11-15(13-7-3-1-4-8-13)26-16(12-20)14-9-5-2-6-10-14/h1-12H,(H2,21,22,23,24,25). The van der Waals surface area contributed by atoms with E-state index in [4.69, 9.17) is 12.2 Å². The minimum atomic E-state index is -1.43. The number of hydrogen-bond acceptors (Lipinski definition) is 4. The Hall–Kier alpha value is -2.70. The molecule has 128 valence electrons. The Morgan fingerprint density at radius 2 is 1.15 bits per heavy atom. The van der Waals surface area contributed by atoms with Crippen LogP contribution in [0.4, 0.5) is 0 Å². The second-order valence-electron chi connectivity index (χ2n) is 5.96. The summed E-state index contributed by atoms with van der Waals surface area (Å²) in [4.78, 5) is 27.3. The van der Waals surface area contributed by atoms with Gasteiger partial charge in [-0.2, -0.15) is 0 Å². The third-order valence-corrected chi connectivity index (χ3v) is 5.61. The topological polar surface area (TPSA) is 58.2 Å². The Balaban J connectivity index is 1.89. The first-order valence-corrected chi connectivity index (χ1v) is 9.22. The summed E-state index contributed by atoms with van der Waals surface area (Å²) in [5.74, 6) is -0.873. The molecular formula is C20H14N2O2S2. The van der Waals surface area contributed by atoms with Crippen LogP contribution in [0.5, 0.6) is 0 Å². The molecule has 0 aromatic heterocycles. The number of thioether (sulfide) groups is 1. The van der Waals surface area contributed by atoms with Crippen LogP contribution in [0.1, 0.15) is 11.1 Å². The van der Waals surface area contributed by atoms with E-state index in [1.54, 1.807) is 12.2 Å². The van der Waals surface area contributed by atoms with Crippen molar-refractivity contribution < 1.29 is 9.59 Å². The van der Waals surface area contributed by atoms with Crippen LogP contribution in [0, 0.1) is 5.41 Å². The number of nitrogens with one attached hydrogen (secondary N) is 2. The van der Waals surface area contributed by atoms with E-state index in [1.807, 2.05) is 60.7 Å². The zero-order valence-electron chi connectivity index (χ0n) is 13.6. The highest BCUT2D eigenvalue weighted by Crippen LogP contribution is 2.48. The molecule has 1 saturated heterocycles. The van der Waals surface area contributed by atoms with E-state index >= 15 is 0 Å². The fourth-order valence-electron chi connectivity index (χ4n) is 2.93. The molecule has 2 N–H and O–H groups in total. The molecule has 2 aliphatic heterocycles. The van der Waals surface area contributed by atoms with Gasteiger partial charge in [0.15, 0.2) is 10.5 Å². The number of rotatable bonds is 2. The summed E-state index contributed by atoms with van der Waals surface area (Å²) < 4.78 is 0. The Bertz CT molecular complexity index is 888. The van der Waals surface area contributed by atoms with E-state index in [2.05, 4.69) is 10.6 Å². The molecule has 4 nitrogen and oxygen atoms in total. The third kappa shape index (κ3) is 2.87. The van der Waals surface area contributed by atoms with Gasteiger partial charge in [-0.25, -0.2) is 0 Å². The molecule has 26 heavy (non-hydrogen) atoms. The molecule has 2 aromatic rings. The first kappa shape index (κ1) is 16.8. The van der Waals surface area contributed by atoms with Crippen molar-refractivity contribution >= 4 is 50.7 Å². The van der Waals surface area contributed by atoms with Crippen LogP contribution < -0.4 is 10.6 Å². The van der Waals surface area contributed by atoms with Crippen molar-refractivity contribution in [2.24, 2.45) is 5.41 Å². The van der Waals surface area contributed by atoms with Crippen LogP contribution in [0.2, 0.25) is 0 Å². The summed E-state index contributed by atoms with van der Waals surface area (Å²) in [5.41, 5.74) is 0.475. The second kappa shape index (κ2) is 6.55. The Labute approximate surface area is 160 Å². The Kier molecular flexibility index (Phi) is 4.22. The Morgan fingerprint density at radius 1 is 0.731 bits per heavy atom. The molecular weight excluding hydrogens is 364 g/mol. The van der Waals surface area contributed by atoms with Gasteiger partial charge in [0.2, 0.25) is 11.8 Å². The molecule has 2 heterocycles. The van der Waals surface area contributed by atoms with Crippen LogP contribution in [-0.4, -0.2) is 16.9 Å². The Morgan fingerprint density at radius 3 is 1.58 bits per heavy atom. The van der Waals surface area contributed by atoms with Gasteiger partial charge in [0.1, 0.15) is 0 Å². The molecule has 6 heteroatoms. The molecule has 1 spiro atoms. The molecule has 2 aliphatic rings. The molecule has 0 unspecified atom stereocenters. The van der Waals surface area contributed by atoms with Crippen LogP contribution in [0.15, 0.2) is 72.8 Å². The molecule has 2 aromatic carbocycles. The van der Waals surface area contributed by atoms with Crippen LogP contribution in [-0.2, 0) is 9.59 Å². The lowest BCUT2D eigenvalue weighted by atomic mass is 9.82. The monoisotopic (exact) mass is 378 g/mol. The van der Waals surface area contributed by atoms with Crippen LogP contribution >= 0.6 is 24.0 Å². The fraction of sp³-hybridized carbons (Fsp3) is 0.0500. The van der Waals surface area contributed by atoms with Crippen LogP contribution in [0.25, 0.3) is 9.81 Å². The van der Waals surface area contributed by atoms with E-state index in [-0.39, 0.29) is 5.11 Å². The van der Waals surface area contributed by atoms with Crippen molar-refractivity contribution in [1.82, 2.24) is 10.6 Å². The number of thiocarbonyl (C=S) groups is 1. The normalized spacial score (nSPS) is 18.7. The van der Waals surface area contributed by atoms with Crippen molar-refractivity contribution in [3.05, 3.63) is 83.9 Å². The van der Waals surface area contributed by atoms with E-state index in [0.717, 1.165) is 20.9 Å². The highest BCUT2D eigenvalue weighted by molar-refractivity contribution is 8.16. The van der Waals surface area contributed by atoms with Crippen LogP contribution in [0.3, 0.4) is 0 Å². The van der Waals surface area contributed by atoms with Crippen molar-refractivity contribution in [3.8, 4) is 0 Å². The lowest BCUT2D eigenvalue weighted by Crippen LogP contribution is -2.61. The first-order valence-electron chi connectivity index (χ1n) is 8.00. The molecule has 4 rings (SSSR count). The smallest absolute Gasteiger partial charge is 0.249 e. The number of benzene rings is 2. The van der Waals surface area contributed by atoms with Gasteiger partial charge in [-0.15, -0.1) is 0 Å². The predicted molar refractivity (Wildman–Crippen MR) is 108 cm³/mol. The lowest BCUT2D eigenvalue weighted by molar-refractivity contribution is -0.137. The number of hydrogen-bond donors (Lipinski definition) is 2. The SMILES string of the molecule is O=C1NC(=S)NC(=O)C12C=C(c1ccccc1)SC(c1ccccc1)=C2. The van der Waals surface area contributed by atoms with Gasteiger partial charge >= 0.3 is 0 Å². The molecule has 0 bridgehead atoms. The molecule has 0 radical (unpaired) electrons. The molecule has 2 amide bonds. The number of carbonyl (C=O) groups is 2. The van der Waals surface area contributed by atoms with Gasteiger partial charge in [-0.1, -0.05) is 72.4 Å². The van der Waals surface area contributed by atoms with Gasteiger partial charge < -0.3 is 10.6 Å². The minimum Gasteiger partial charge on any atom is -0.301 e. The van der Waals surface area contributed by atoms with Gasteiger partial charge in [-0.05, 0) is 35.5 Å². The highest BCUT2D eigenvalue weighted by Gasteiger charge is 2.48. The van der Waals surface area contributed by atoms with E-state index < -0.39 is 17.2 Å². The average molecular weight is 378 g/mol. The van der Waals surface area contributed by atoms with E-state index in [1.165, 1.54) is 11.8 Å². The number of amides is 2. The minimum absolute atomic E-state index is 0.0353. The van der Waals surface area contributed by atoms with E-state index in [9.17, 15) is 9.59 Å². The highest BCUT2D eigenvalue weighted by atomic mass is 32.2. The summed E-state index contributed by atoms with van der Waals surface area (Å²) in [5, 5.41) is 5.19. The zero-order valence-corrected chi connectivity index (χ0v) is 15.2. The summed E-state index contributed by atoms with van der Waals surface area (Å²) >= 11 is 6.49. The average Bonchev–Trinajstić information content (AvgIpc) is 2.67. The van der Waals surface area contributed by atoms with E-state index in [0.29, 0.717) is 0 Å². The lowest BCUT2D eigenvalue weighted by Gasteiger charge is -2.34. The maximum Gasteiger partial charge on any atom is 0.249 e. The van der Waals surface area contributed by atoms with Crippen molar-refractivity contribution in [1.29, 1.82) is 0 Å². The molecule has 0 atom stereocenters. The quantitative estimate of drug-likeness (QED) is 0.622. The van der Waals surface area contributed by atoms with Crippen molar-refractivity contribution in [2.75, 3.05) is 0 Å². The van der Waals surface area contributed by atoms with Gasteiger partial charge in [-0.3, -0.25) is 9.59 Å². The number of carbonyl (C=O) groups excluding carboxylic acids is 2.